The maximum Gasteiger partial charge on any atom is 0.350 e. The number of anilines is 2. The van der Waals surface area contributed by atoms with Gasteiger partial charge in [0.25, 0.3) is 0 Å². The van der Waals surface area contributed by atoms with E-state index in [1.807, 2.05) is 26.0 Å². The van der Waals surface area contributed by atoms with E-state index in [0.29, 0.717) is 22.7 Å². The summed E-state index contributed by atoms with van der Waals surface area (Å²) >= 11 is 7.58. The second kappa shape index (κ2) is 10.4. The lowest BCUT2D eigenvalue weighted by molar-refractivity contribution is 0.101. The standard InChI is InChI=1S/C24H27ClN8O2S/c1-3-20(22(34)17-4-6-18(25)7-5-17)33-24(35)32(15-27-33)19-8-9-21(26-14-19)30-10-12-31(13-11-30)23-29-28-16(2)36-23/h4-9,14-15,20,22,34H,3,10-13H2,1-2H3. The first-order valence-corrected chi connectivity index (χ1v) is 13.0. The van der Waals surface area contributed by atoms with Crippen molar-refractivity contribution in [3.8, 4) is 5.69 Å². The summed E-state index contributed by atoms with van der Waals surface area (Å²) in [4.78, 5) is 22.3. The second-order valence-electron chi connectivity index (χ2n) is 8.65. The lowest BCUT2D eigenvalue weighted by atomic mass is 10.0. The van der Waals surface area contributed by atoms with E-state index >= 15 is 0 Å². The van der Waals surface area contributed by atoms with E-state index in [1.165, 1.54) is 15.6 Å². The van der Waals surface area contributed by atoms with Crippen molar-refractivity contribution >= 4 is 33.9 Å². The summed E-state index contributed by atoms with van der Waals surface area (Å²) in [6, 6.07) is 10.2. The van der Waals surface area contributed by atoms with Crippen molar-refractivity contribution in [2.45, 2.75) is 32.4 Å². The second-order valence-corrected chi connectivity index (χ2v) is 10.2. The van der Waals surface area contributed by atoms with Crippen LogP contribution in [0, 0.1) is 6.92 Å². The van der Waals surface area contributed by atoms with Gasteiger partial charge in [0.05, 0.1) is 17.9 Å². The van der Waals surface area contributed by atoms with Gasteiger partial charge >= 0.3 is 5.69 Å². The lowest BCUT2D eigenvalue weighted by Crippen LogP contribution is -2.46. The van der Waals surface area contributed by atoms with Crippen LogP contribution in [-0.4, -0.2) is 60.8 Å². The first kappa shape index (κ1) is 24.4. The Bertz CT molecular complexity index is 1360. The zero-order valence-electron chi connectivity index (χ0n) is 20.0. The molecule has 0 aliphatic carbocycles. The van der Waals surface area contributed by atoms with Gasteiger partial charge in [-0.1, -0.05) is 42.0 Å². The highest BCUT2D eigenvalue weighted by molar-refractivity contribution is 7.15. The maximum absolute atomic E-state index is 13.2. The number of benzene rings is 1. The molecule has 1 N–H and O–H groups in total. The number of hydrogen-bond donors (Lipinski definition) is 1. The third-order valence-electron chi connectivity index (χ3n) is 6.40. The van der Waals surface area contributed by atoms with Crippen LogP contribution >= 0.6 is 22.9 Å². The third-order valence-corrected chi connectivity index (χ3v) is 7.55. The van der Waals surface area contributed by atoms with Crippen LogP contribution in [0.25, 0.3) is 5.69 Å². The Balaban J connectivity index is 1.29. The summed E-state index contributed by atoms with van der Waals surface area (Å²) < 4.78 is 2.78. The fourth-order valence-electron chi connectivity index (χ4n) is 4.38. The van der Waals surface area contributed by atoms with Crippen LogP contribution in [0.3, 0.4) is 0 Å². The molecule has 10 nitrogen and oxygen atoms in total. The molecule has 4 aromatic rings. The maximum atomic E-state index is 13.2. The number of piperazine rings is 1. The molecule has 188 valence electrons. The van der Waals surface area contributed by atoms with E-state index in [1.54, 1.807) is 41.8 Å². The molecule has 5 rings (SSSR count). The van der Waals surface area contributed by atoms with E-state index in [2.05, 4.69) is 30.1 Å². The summed E-state index contributed by atoms with van der Waals surface area (Å²) in [5, 5.41) is 26.1. The van der Waals surface area contributed by atoms with Gasteiger partial charge in [0.2, 0.25) is 5.13 Å². The number of aliphatic hydroxyl groups excluding tert-OH is 1. The number of rotatable bonds is 7. The van der Waals surface area contributed by atoms with Gasteiger partial charge in [0.1, 0.15) is 23.3 Å². The number of hydrogen-bond acceptors (Lipinski definition) is 9. The highest BCUT2D eigenvalue weighted by Gasteiger charge is 2.25. The first-order valence-electron chi connectivity index (χ1n) is 11.8. The van der Waals surface area contributed by atoms with Gasteiger partial charge in [0.15, 0.2) is 0 Å². The molecule has 0 bridgehead atoms. The summed E-state index contributed by atoms with van der Waals surface area (Å²) in [5.74, 6) is 0.858. The average molecular weight is 527 g/mol. The minimum absolute atomic E-state index is 0.328. The third kappa shape index (κ3) is 4.86. The molecular formula is C24H27ClN8O2S. The van der Waals surface area contributed by atoms with Crippen molar-refractivity contribution in [2.24, 2.45) is 0 Å². The van der Waals surface area contributed by atoms with Crippen LogP contribution in [0.2, 0.25) is 5.02 Å². The van der Waals surface area contributed by atoms with Crippen LogP contribution in [0.1, 0.15) is 36.1 Å². The van der Waals surface area contributed by atoms with Crippen molar-refractivity contribution in [1.82, 2.24) is 29.5 Å². The SMILES string of the molecule is CCC(C(O)c1ccc(Cl)cc1)n1ncn(-c2ccc(N3CCN(c4nnc(C)s4)CC3)nc2)c1=O. The largest absolute Gasteiger partial charge is 0.386 e. The normalized spacial score (nSPS) is 15.8. The molecule has 1 fully saturated rings. The van der Waals surface area contributed by atoms with Gasteiger partial charge in [-0.3, -0.25) is 0 Å². The molecule has 1 aliphatic rings. The molecule has 1 aliphatic heterocycles. The number of aromatic nitrogens is 6. The molecule has 0 saturated carbocycles. The van der Waals surface area contributed by atoms with Crippen molar-refractivity contribution in [3.63, 3.8) is 0 Å². The predicted octanol–water partition coefficient (Wildman–Crippen LogP) is 3.25. The lowest BCUT2D eigenvalue weighted by Gasteiger charge is -2.35. The van der Waals surface area contributed by atoms with Gasteiger partial charge in [-0.2, -0.15) is 5.10 Å². The number of aliphatic hydroxyl groups is 1. The van der Waals surface area contributed by atoms with Gasteiger partial charge in [-0.05, 0) is 43.2 Å². The number of halogens is 1. The van der Waals surface area contributed by atoms with Gasteiger partial charge in [0, 0.05) is 31.2 Å². The summed E-state index contributed by atoms with van der Waals surface area (Å²) in [6.07, 6.45) is 2.79. The number of nitrogens with zero attached hydrogens (tertiary/aromatic N) is 8. The van der Waals surface area contributed by atoms with Gasteiger partial charge in [-0.25, -0.2) is 19.0 Å². The molecule has 1 saturated heterocycles. The number of pyridine rings is 1. The quantitative estimate of drug-likeness (QED) is 0.391. The molecule has 1 aromatic carbocycles. The Morgan fingerprint density at radius 3 is 2.39 bits per heavy atom. The Morgan fingerprint density at radius 1 is 1.06 bits per heavy atom. The summed E-state index contributed by atoms with van der Waals surface area (Å²) in [6.45, 7) is 7.21. The fourth-order valence-corrected chi connectivity index (χ4v) is 5.25. The van der Waals surface area contributed by atoms with Gasteiger partial charge in [-0.15, -0.1) is 10.2 Å². The van der Waals surface area contributed by atoms with Crippen LogP contribution in [0.5, 0.6) is 0 Å². The summed E-state index contributed by atoms with van der Waals surface area (Å²) in [7, 11) is 0. The molecule has 0 spiro atoms. The molecule has 2 unspecified atom stereocenters. The predicted molar refractivity (Wildman–Crippen MR) is 140 cm³/mol. The average Bonchev–Trinajstić information content (AvgIpc) is 3.51. The molecule has 12 heteroatoms. The van der Waals surface area contributed by atoms with Crippen molar-refractivity contribution in [1.29, 1.82) is 0 Å². The van der Waals surface area contributed by atoms with Gasteiger partial charge < -0.3 is 14.9 Å². The molecule has 3 aromatic heterocycles. The van der Waals surface area contributed by atoms with E-state index in [9.17, 15) is 9.90 Å². The number of aryl methyl sites for hydroxylation is 1. The molecule has 0 radical (unpaired) electrons. The first-order chi connectivity index (χ1) is 17.4. The Kier molecular flexibility index (Phi) is 7.04. The summed E-state index contributed by atoms with van der Waals surface area (Å²) in [5.41, 5.74) is 0.972. The smallest absolute Gasteiger partial charge is 0.350 e. The highest BCUT2D eigenvalue weighted by atomic mass is 35.5. The van der Waals surface area contributed by atoms with E-state index in [0.717, 1.165) is 42.1 Å². The van der Waals surface area contributed by atoms with Crippen LogP contribution in [0.4, 0.5) is 10.9 Å². The monoisotopic (exact) mass is 526 g/mol. The molecular weight excluding hydrogens is 500 g/mol. The van der Waals surface area contributed by atoms with Crippen LogP contribution < -0.4 is 15.5 Å². The van der Waals surface area contributed by atoms with Crippen molar-refractivity contribution in [2.75, 3.05) is 36.0 Å². The Hall–Kier alpha value is -3.28. The highest BCUT2D eigenvalue weighted by Crippen LogP contribution is 2.28. The molecule has 2 atom stereocenters. The minimum atomic E-state index is -0.892. The Labute approximate surface area is 217 Å². The van der Waals surface area contributed by atoms with Crippen LogP contribution in [-0.2, 0) is 0 Å². The van der Waals surface area contributed by atoms with Crippen molar-refractivity contribution < 1.29 is 5.11 Å². The molecule has 4 heterocycles. The Morgan fingerprint density at radius 2 is 1.78 bits per heavy atom. The minimum Gasteiger partial charge on any atom is -0.386 e. The van der Waals surface area contributed by atoms with Crippen LogP contribution in [0.15, 0.2) is 53.7 Å². The topological polar surface area (TPSA) is 105 Å². The molecule has 0 amide bonds. The zero-order chi connectivity index (χ0) is 25.2. The van der Waals surface area contributed by atoms with Crippen molar-refractivity contribution in [3.05, 3.63) is 75.0 Å². The van der Waals surface area contributed by atoms with E-state index < -0.39 is 12.1 Å². The fraction of sp³-hybridized carbons (Fsp3) is 0.375. The molecule has 36 heavy (non-hydrogen) atoms. The zero-order valence-corrected chi connectivity index (χ0v) is 21.6. The van der Waals surface area contributed by atoms with E-state index in [-0.39, 0.29) is 5.69 Å². The van der Waals surface area contributed by atoms with E-state index in [4.69, 9.17) is 11.6 Å².